The Morgan fingerprint density at radius 3 is 2.48 bits per heavy atom. The summed E-state index contributed by atoms with van der Waals surface area (Å²) < 4.78 is 53.7. The number of alkyl halides is 3. The fourth-order valence-corrected chi connectivity index (χ4v) is 2.59. The summed E-state index contributed by atoms with van der Waals surface area (Å²) in [6, 6.07) is 9.44. The Balaban J connectivity index is 2.02. The summed E-state index contributed by atoms with van der Waals surface area (Å²) in [5.41, 5.74) is 0.275. The summed E-state index contributed by atoms with van der Waals surface area (Å²) >= 11 is 0. The Hall–Kier alpha value is -2.83. The van der Waals surface area contributed by atoms with E-state index in [2.05, 4.69) is 4.98 Å². The quantitative estimate of drug-likeness (QED) is 0.691. The van der Waals surface area contributed by atoms with Gasteiger partial charge in [0.15, 0.2) is 0 Å². The topological polar surface area (TPSA) is 38.0 Å². The number of halogens is 4. The van der Waals surface area contributed by atoms with Crippen LogP contribution >= 0.6 is 0 Å². The first-order valence-electron chi connectivity index (χ1n) is 7.43. The minimum Gasteiger partial charge on any atom is -0.508 e. The number of hydrogen-bond acceptors (Lipinski definition) is 2. The fraction of sp³-hybridized carbons (Fsp3) is 0.167. The van der Waals surface area contributed by atoms with Gasteiger partial charge in [-0.15, -0.1) is 0 Å². The van der Waals surface area contributed by atoms with Crippen LogP contribution in [0.15, 0.2) is 48.7 Å². The average Bonchev–Trinajstić information content (AvgIpc) is 2.89. The van der Waals surface area contributed by atoms with Gasteiger partial charge in [-0.1, -0.05) is 24.3 Å². The zero-order chi connectivity index (χ0) is 18.2. The molecule has 0 aliphatic carbocycles. The molecule has 0 fully saturated rings. The molecule has 0 bridgehead atoms. The number of aromatic nitrogens is 2. The SMILES string of the molecule is Cc1cnc(-c2ccc(C(F)(F)F)c(F)c2)n1Cc1ccccc1O. The molecule has 1 heterocycles. The molecule has 25 heavy (non-hydrogen) atoms. The normalized spacial score (nSPS) is 11.7. The number of aryl methyl sites for hydroxylation is 1. The highest BCUT2D eigenvalue weighted by Gasteiger charge is 2.34. The molecule has 2 aromatic carbocycles. The smallest absolute Gasteiger partial charge is 0.419 e. The number of phenolic OH excluding ortho intramolecular Hbond substituents is 1. The lowest BCUT2D eigenvalue weighted by Gasteiger charge is -2.13. The molecule has 7 heteroatoms. The highest BCUT2D eigenvalue weighted by molar-refractivity contribution is 5.57. The third kappa shape index (κ3) is 3.35. The molecule has 130 valence electrons. The molecule has 0 radical (unpaired) electrons. The van der Waals surface area contributed by atoms with E-state index >= 15 is 0 Å². The summed E-state index contributed by atoms with van der Waals surface area (Å²) in [5.74, 6) is -0.923. The summed E-state index contributed by atoms with van der Waals surface area (Å²) in [4.78, 5) is 4.18. The molecule has 3 nitrogen and oxygen atoms in total. The maximum absolute atomic E-state index is 13.9. The molecule has 0 amide bonds. The van der Waals surface area contributed by atoms with Gasteiger partial charge in [0.25, 0.3) is 0 Å². The zero-order valence-electron chi connectivity index (χ0n) is 13.2. The first kappa shape index (κ1) is 17.0. The van der Waals surface area contributed by atoms with E-state index in [4.69, 9.17) is 0 Å². The minimum absolute atomic E-state index is 0.0974. The van der Waals surface area contributed by atoms with Gasteiger partial charge in [-0.25, -0.2) is 9.37 Å². The molecule has 1 N–H and O–H groups in total. The van der Waals surface area contributed by atoms with E-state index in [0.29, 0.717) is 17.5 Å². The molecule has 0 aliphatic rings. The van der Waals surface area contributed by atoms with Gasteiger partial charge in [0.05, 0.1) is 12.1 Å². The zero-order valence-corrected chi connectivity index (χ0v) is 13.2. The van der Waals surface area contributed by atoms with Crippen LogP contribution in [0.3, 0.4) is 0 Å². The number of benzene rings is 2. The van der Waals surface area contributed by atoms with Gasteiger partial charge < -0.3 is 9.67 Å². The van der Waals surface area contributed by atoms with E-state index in [9.17, 15) is 22.7 Å². The van der Waals surface area contributed by atoms with Crippen molar-refractivity contribution in [3.8, 4) is 17.1 Å². The standard InChI is InChI=1S/C18H14F4N2O/c1-11-9-23-17(24(11)10-13-4-2-3-5-16(13)25)12-6-7-14(15(19)8-12)18(20,21)22/h2-9,25H,10H2,1H3. The van der Waals surface area contributed by atoms with E-state index < -0.39 is 17.6 Å². The number of phenols is 1. The van der Waals surface area contributed by atoms with Crippen molar-refractivity contribution < 1.29 is 22.7 Å². The lowest BCUT2D eigenvalue weighted by molar-refractivity contribution is -0.139. The molecule has 3 aromatic rings. The van der Waals surface area contributed by atoms with Crippen LogP contribution in [0, 0.1) is 12.7 Å². The van der Waals surface area contributed by atoms with E-state index in [0.717, 1.165) is 11.8 Å². The van der Waals surface area contributed by atoms with Crippen molar-refractivity contribution in [1.82, 2.24) is 9.55 Å². The van der Waals surface area contributed by atoms with Crippen LogP contribution in [-0.2, 0) is 12.7 Å². The molecule has 0 atom stereocenters. The molecule has 0 saturated carbocycles. The van der Waals surface area contributed by atoms with Crippen molar-refractivity contribution in [2.45, 2.75) is 19.6 Å². The number of nitrogens with zero attached hydrogens (tertiary/aromatic N) is 2. The molecule has 0 saturated heterocycles. The maximum Gasteiger partial charge on any atom is 0.419 e. The van der Waals surface area contributed by atoms with Crippen molar-refractivity contribution in [2.75, 3.05) is 0 Å². The van der Waals surface area contributed by atoms with Gasteiger partial charge in [0, 0.05) is 23.0 Å². The second-order valence-corrected chi connectivity index (χ2v) is 5.63. The van der Waals surface area contributed by atoms with Crippen molar-refractivity contribution in [2.24, 2.45) is 0 Å². The number of hydrogen-bond donors (Lipinski definition) is 1. The third-order valence-electron chi connectivity index (χ3n) is 3.91. The second kappa shape index (κ2) is 6.23. The Morgan fingerprint density at radius 2 is 1.84 bits per heavy atom. The van der Waals surface area contributed by atoms with Crippen LogP contribution < -0.4 is 0 Å². The van der Waals surface area contributed by atoms with Gasteiger partial charge in [-0.2, -0.15) is 13.2 Å². The highest BCUT2D eigenvalue weighted by atomic mass is 19.4. The molecule has 0 unspecified atom stereocenters. The number of para-hydroxylation sites is 1. The van der Waals surface area contributed by atoms with Gasteiger partial charge in [-0.3, -0.25) is 0 Å². The van der Waals surface area contributed by atoms with Gasteiger partial charge in [0.2, 0.25) is 0 Å². The first-order chi connectivity index (χ1) is 11.8. The van der Waals surface area contributed by atoms with Crippen molar-refractivity contribution in [3.63, 3.8) is 0 Å². The molecule has 1 aromatic heterocycles. The van der Waals surface area contributed by atoms with Gasteiger partial charge >= 0.3 is 6.18 Å². The maximum atomic E-state index is 13.9. The molecule has 0 spiro atoms. The highest BCUT2D eigenvalue weighted by Crippen LogP contribution is 2.33. The Kier molecular flexibility index (Phi) is 4.24. The van der Waals surface area contributed by atoms with Gasteiger partial charge in [0.1, 0.15) is 17.4 Å². The lowest BCUT2D eigenvalue weighted by atomic mass is 10.1. The van der Waals surface area contributed by atoms with E-state index in [1.165, 1.54) is 6.07 Å². The van der Waals surface area contributed by atoms with Crippen molar-refractivity contribution in [1.29, 1.82) is 0 Å². The van der Waals surface area contributed by atoms with Crippen LogP contribution in [0.5, 0.6) is 5.75 Å². The molecular formula is C18H14F4N2O. The second-order valence-electron chi connectivity index (χ2n) is 5.63. The van der Waals surface area contributed by atoms with E-state index in [1.54, 1.807) is 42.0 Å². The van der Waals surface area contributed by atoms with Crippen LogP contribution in [-0.4, -0.2) is 14.7 Å². The van der Waals surface area contributed by atoms with Crippen LogP contribution in [0.25, 0.3) is 11.4 Å². The molecular weight excluding hydrogens is 336 g/mol. The summed E-state index contributed by atoms with van der Waals surface area (Å²) in [6.45, 7) is 2.04. The van der Waals surface area contributed by atoms with Crippen LogP contribution in [0.4, 0.5) is 17.6 Å². The number of imidazole rings is 1. The number of rotatable bonds is 3. The molecule has 0 aliphatic heterocycles. The molecule has 3 rings (SSSR count). The number of aromatic hydroxyl groups is 1. The average molecular weight is 350 g/mol. The van der Waals surface area contributed by atoms with E-state index in [1.807, 2.05) is 0 Å². The predicted molar refractivity (Wildman–Crippen MR) is 84.6 cm³/mol. The predicted octanol–water partition coefficient (Wildman–Crippen LogP) is 4.77. The minimum atomic E-state index is -4.75. The van der Waals surface area contributed by atoms with Crippen molar-refractivity contribution >= 4 is 0 Å². The van der Waals surface area contributed by atoms with Gasteiger partial charge in [-0.05, 0) is 25.1 Å². The van der Waals surface area contributed by atoms with E-state index in [-0.39, 0.29) is 17.9 Å². The summed E-state index contributed by atoms with van der Waals surface area (Å²) in [5, 5.41) is 9.91. The van der Waals surface area contributed by atoms with Crippen LogP contribution in [0.2, 0.25) is 0 Å². The largest absolute Gasteiger partial charge is 0.508 e. The Morgan fingerprint density at radius 1 is 1.12 bits per heavy atom. The third-order valence-corrected chi connectivity index (χ3v) is 3.91. The van der Waals surface area contributed by atoms with Crippen LogP contribution in [0.1, 0.15) is 16.8 Å². The first-order valence-corrected chi connectivity index (χ1v) is 7.43. The monoisotopic (exact) mass is 350 g/mol. The summed E-state index contributed by atoms with van der Waals surface area (Å²) in [7, 11) is 0. The fourth-order valence-electron chi connectivity index (χ4n) is 2.59. The Bertz CT molecular complexity index is 916. The summed E-state index contributed by atoms with van der Waals surface area (Å²) in [6.07, 6.45) is -3.20. The van der Waals surface area contributed by atoms with Crippen molar-refractivity contribution in [3.05, 3.63) is 71.3 Å². The Labute approximate surface area is 141 Å². The lowest BCUT2D eigenvalue weighted by Crippen LogP contribution is -2.09.